The van der Waals surface area contributed by atoms with Crippen molar-refractivity contribution in [2.24, 2.45) is 0 Å². The van der Waals surface area contributed by atoms with Gasteiger partial charge < -0.3 is 9.84 Å². The average Bonchev–Trinajstić information content (AvgIpc) is 2.68. The Morgan fingerprint density at radius 3 is 2.70 bits per heavy atom. The Kier molecular flexibility index (Phi) is 4.59. The SMILES string of the molecule is CCN1C(=O)SC(=Cc2cc(I)c(O)c(OC)c2)C1=O. The summed E-state index contributed by atoms with van der Waals surface area (Å²) in [4.78, 5) is 25.2. The topological polar surface area (TPSA) is 66.8 Å². The number of phenols is 1. The third-order valence-corrected chi connectivity index (χ3v) is 4.49. The first-order valence-electron chi connectivity index (χ1n) is 5.79. The molecule has 7 heteroatoms. The predicted octanol–water partition coefficient (Wildman–Crippen LogP) is 3.06. The van der Waals surface area contributed by atoms with E-state index in [0.29, 0.717) is 26.3 Å². The molecule has 0 saturated carbocycles. The van der Waals surface area contributed by atoms with E-state index in [1.807, 2.05) is 22.6 Å². The third-order valence-electron chi connectivity index (χ3n) is 2.76. The highest BCUT2D eigenvalue weighted by molar-refractivity contribution is 14.1. The molecule has 2 amide bonds. The molecule has 2 rings (SSSR count). The first-order chi connectivity index (χ1) is 9.47. The second-order valence-corrected chi connectivity index (χ2v) is 6.13. The van der Waals surface area contributed by atoms with Crippen molar-refractivity contribution in [2.45, 2.75) is 6.92 Å². The van der Waals surface area contributed by atoms with Crippen LogP contribution in [0.3, 0.4) is 0 Å². The Labute approximate surface area is 134 Å². The number of aromatic hydroxyl groups is 1. The van der Waals surface area contributed by atoms with E-state index in [9.17, 15) is 14.7 Å². The number of imide groups is 1. The van der Waals surface area contributed by atoms with Gasteiger partial charge in [-0.05, 0) is 65.0 Å². The molecule has 1 N–H and O–H groups in total. The van der Waals surface area contributed by atoms with Gasteiger partial charge in [0.05, 0.1) is 15.6 Å². The van der Waals surface area contributed by atoms with E-state index < -0.39 is 0 Å². The van der Waals surface area contributed by atoms with Gasteiger partial charge in [0.1, 0.15) is 0 Å². The van der Waals surface area contributed by atoms with Crippen LogP contribution in [0.2, 0.25) is 0 Å². The van der Waals surface area contributed by atoms with Crippen molar-refractivity contribution >= 4 is 51.6 Å². The molecule has 0 atom stereocenters. The van der Waals surface area contributed by atoms with E-state index in [1.165, 1.54) is 12.0 Å². The maximum atomic E-state index is 12.0. The van der Waals surface area contributed by atoms with Gasteiger partial charge >= 0.3 is 0 Å². The number of carbonyl (C=O) groups is 2. The highest BCUT2D eigenvalue weighted by atomic mass is 127. The standard InChI is InChI=1S/C13H12INO4S/c1-3-15-12(17)10(20-13(15)18)6-7-4-8(14)11(16)9(5-7)19-2/h4-6,16H,3H2,1-2H3. The van der Waals surface area contributed by atoms with Crippen molar-refractivity contribution in [3.63, 3.8) is 0 Å². The number of rotatable bonds is 3. The molecular formula is C13H12INO4S. The Hall–Kier alpha value is -1.22. The van der Waals surface area contributed by atoms with Crippen molar-refractivity contribution in [2.75, 3.05) is 13.7 Å². The average molecular weight is 405 g/mol. The maximum absolute atomic E-state index is 12.0. The molecule has 1 aliphatic rings. The quantitative estimate of drug-likeness (QED) is 0.619. The van der Waals surface area contributed by atoms with Crippen LogP contribution in [0, 0.1) is 3.57 Å². The van der Waals surface area contributed by atoms with Gasteiger partial charge in [-0.2, -0.15) is 0 Å². The summed E-state index contributed by atoms with van der Waals surface area (Å²) in [5.74, 6) is 0.106. The summed E-state index contributed by atoms with van der Waals surface area (Å²) in [5.41, 5.74) is 0.700. The van der Waals surface area contributed by atoms with E-state index in [2.05, 4.69) is 0 Å². The number of amides is 2. The molecule has 0 aliphatic carbocycles. The van der Waals surface area contributed by atoms with Gasteiger partial charge in [0.15, 0.2) is 11.5 Å². The highest BCUT2D eigenvalue weighted by Gasteiger charge is 2.33. The van der Waals surface area contributed by atoms with Crippen molar-refractivity contribution < 1.29 is 19.4 Å². The zero-order valence-electron chi connectivity index (χ0n) is 10.8. The summed E-state index contributed by atoms with van der Waals surface area (Å²) in [6.45, 7) is 2.12. The van der Waals surface area contributed by atoms with Gasteiger partial charge in [-0.15, -0.1) is 0 Å². The lowest BCUT2D eigenvalue weighted by molar-refractivity contribution is -0.122. The summed E-state index contributed by atoms with van der Waals surface area (Å²) >= 11 is 2.90. The molecule has 1 aromatic rings. The number of halogens is 1. The Morgan fingerprint density at radius 1 is 1.45 bits per heavy atom. The number of hydrogen-bond acceptors (Lipinski definition) is 5. The van der Waals surface area contributed by atoms with Gasteiger partial charge in [0, 0.05) is 6.54 Å². The maximum Gasteiger partial charge on any atom is 0.293 e. The number of carbonyl (C=O) groups excluding carboxylic acids is 2. The zero-order valence-corrected chi connectivity index (χ0v) is 13.8. The van der Waals surface area contributed by atoms with E-state index in [4.69, 9.17) is 4.74 Å². The summed E-state index contributed by atoms with van der Waals surface area (Å²) < 4.78 is 5.68. The van der Waals surface area contributed by atoms with Crippen LogP contribution >= 0.6 is 34.4 Å². The molecule has 1 heterocycles. The number of likely N-dealkylation sites (N-methyl/N-ethyl adjacent to an activating group) is 1. The zero-order chi connectivity index (χ0) is 14.9. The lowest BCUT2D eigenvalue weighted by atomic mass is 10.2. The fourth-order valence-corrected chi connectivity index (χ4v) is 3.28. The highest BCUT2D eigenvalue weighted by Crippen LogP contribution is 2.36. The molecule has 1 saturated heterocycles. The number of thioether (sulfide) groups is 1. The van der Waals surface area contributed by atoms with Crippen molar-refractivity contribution in [1.29, 1.82) is 0 Å². The first-order valence-corrected chi connectivity index (χ1v) is 7.69. The van der Waals surface area contributed by atoms with Crippen LogP contribution in [0.4, 0.5) is 4.79 Å². The molecule has 0 bridgehead atoms. The van der Waals surface area contributed by atoms with E-state index in [-0.39, 0.29) is 16.9 Å². The minimum atomic E-state index is -0.287. The first kappa shape index (κ1) is 15.2. The third kappa shape index (κ3) is 2.78. The van der Waals surface area contributed by atoms with Gasteiger partial charge in [-0.3, -0.25) is 14.5 Å². The monoisotopic (exact) mass is 405 g/mol. The molecule has 20 heavy (non-hydrogen) atoms. The summed E-state index contributed by atoms with van der Waals surface area (Å²) in [6.07, 6.45) is 1.63. The minimum absolute atomic E-state index is 0.0620. The van der Waals surface area contributed by atoms with Crippen LogP contribution in [0.25, 0.3) is 6.08 Å². The Morgan fingerprint density at radius 2 is 2.15 bits per heavy atom. The summed E-state index contributed by atoms with van der Waals surface area (Å²) in [6, 6.07) is 3.34. The summed E-state index contributed by atoms with van der Waals surface area (Å²) in [5, 5.41) is 9.51. The molecule has 0 aromatic heterocycles. The normalized spacial score (nSPS) is 17.1. The second-order valence-electron chi connectivity index (χ2n) is 3.98. The molecule has 1 aliphatic heterocycles. The van der Waals surface area contributed by atoms with Crippen LogP contribution in [0.1, 0.15) is 12.5 Å². The molecule has 0 unspecified atom stereocenters. The van der Waals surface area contributed by atoms with Crippen LogP contribution in [0.15, 0.2) is 17.0 Å². The van der Waals surface area contributed by atoms with Crippen molar-refractivity contribution in [1.82, 2.24) is 4.90 Å². The van der Waals surface area contributed by atoms with Crippen molar-refractivity contribution in [3.8, 4) is 11.5 Å². The van der Waals surface area contributed by atoms with Gasteiger partial charge in [-0.1, -0.05) is 0 Å². The molecule has 106 valence electrons. The van der Waals surface area contributed by atoms with Crippen LogP contribution < -0.4 is 4.74 Å². The van der Waals surface area contributed by atoms with E-state index >= 15 is 0 Å². The fourth-order valence-electron chi connectivity index (χ4n) is 1.76. The molecule has 0 spiro atoms. The predicted molar refractivity (Wildman–Crippen MR) is 85.7 cm³/mol. The molecule has 0 radical (unpaired) electrons. The number of phenolic OH excluding ortho intramolecular Hbond substituents is 1. The minimum Gasteiger partial charge on any atom is -0.504 e. The van der Waals surface area contributed by atoms with E-state index in [1.54, 1.807) is 25.1 Å². The van der Waals surface area contributed by atoms with Gasteiger partial charge in [0.2, 0.25) is 0 Å². The second kappa shape index (κ2) is 6.04. The number of benzene rings is 1. The Balaban J connectivity index is 2.39. The lowest BCUT2D eigenvalue weighted by Gasteiger charge is -2.08. The largest absolute Gasteiger partial charge is 0.504 e. The van der Waals surface area contributed by atoms with Crippen LogP contribution in [-0.4, -0.2) is 34.8 Å². The van der Waals surface area contributed by atoms with Gasteiger partial charge in [0.25, 0.3) is 11.1 Å². The lowest BCUT2D eigenvalue weighted by Crippen LogP contribution is -2.27. The smallest absolute Gasteiger partial charge is 0.293 e. The number of ether oxygens (including phenoxy) is 1. The van der Waals surface area contributed by atoms with E-state index in [0.717, 1.165) is 11.8 Å². The van der Waals surface area contributed by atoms with Crippen LogP contribution in [-0.2, 0) is 4.79 Å². The summed E-state index contributed by atoms with van der Waals surface area (Å²) in [7, 11) is 1.46. The Bertz CT molecular complexity index is 615. The molecule has 1 aromatic carbocycles. The van der Waals surface area contributed by atoms with Gasteiger partial charge in [-0.25, -0.2) is 0 Å². The molecule has 1 fully saturated rings. The van der Waals surface area contributed by atoms with Crippen molar-refractivity contribution in [3.05, 3.63) is 26.2 Å². The molecule has 5 nitrogen and oxygen atoms in total. The molecular weight excluding hydrogens is 393 g/mol. The number of methoxy groups -OCH3 is 1. The number of nitrogens with zero attached hydrogens (tertiary/aromatic N) is 1. The number of hydrogen-bond donors (Lipinski definition) is 1. The van der Waals surface area contributed by atoms with Crippen LogP contribution in [0.5, 0.6) is 11.5 Å². The fraction of sp³-hybridized carbons (Fsp3) is 0.231.